The minimum atomic E-state index is -0.220. The van der Waals surface area contributed by atoms with Crippen molar-refractivity contribution >= 4 is 43.6 Å². The van der Waals surface area contributed by atoms with Crippen molar-refractivity contribution in [2.75, 3.05) is 5.32 Å². The van der Waals surface area contributed by atoms with E-state index in [9.17, 15) is 4.79 Å². The van der Waals surface area contributed by atoms with Gasteiger partial charge in [0.05, 0.1) is 0 Å². The molecule has 2 aromatic rings. The van der Waals surface area contributed by atoms with Crippen molar-refractivity contribution in [1.29, 1.82) is 0 Å². The van der Waals surface area contributed by atoms with Crippen LogP contribution in [0.5, 0.6) is 0 Å². The molecule has 0 saturated heterocycles. The summed E-state index contributed by atoms with van der Waals surface area (Å²) in [7, 11) is 0. The van der Waals surface area contributed by atoms with Crippen molar-refractivity contribution < 1.29 is 4.79 Å². The smallest absolute Gasteiger partial charge is 0.319 e. The van der Waals surface area contributed by atoms with Gasteiger partial charge in [0.15, 0.2) is 0 Å². The molecule has 20 heavy (non-hydrogen) atoms. The number of rotatable bonds is 3. The first kappa shape index (κ1) is 15.1. The summed E-state index contributed by atoms with van der Waals surface area (Å²) in [6.45, 7) is 2.46. The molecule has 0 saturated carbocycles. The fraction of sp³-hybridized carbons (Fsp3) is 0.133. The van der Waals surface area contributed by atoms with Crippen LogP contribution in [0.4, 0.5) is 10.5 Å². The third-order valence-corrected chi connectivity index (χ3v) is 4.48. The maximum Gasteiger partial charge on any atom is 0.319 e. The second-order valence-corrected chi connectivity index (χ2v) is 6.07. The molecule has 2 amide bonds. The SMILES string of the molecule is Cc1cc(NC(=O)NCc2ccccc2Br)ccc1Br. The first-order valence-electron chi connectivity index (χ1n) is 6.10. The summed E-state index contributed by atoms with van der Waals surface area (Å²) in [5.74, 6) is 0. The Morgan fingerprint density at radius 1 is 1.10 bits per heavy atom. The van der Waals surface area contributed by atoms with Crippen molar-refractivity contribution in [3.63, 3.8) is 0 Å². The van der Waals surface area contributed by atoms with Crippen molar-refractivity contribution in [3.05, 3.63) is 62.5 Å². The van der Waals surface area contributed by atoms with Crippen LogP contribution in [0.15, 0.2) is 51.4 Å². The van der Waals surface area contributed by atoms with E-state index in [1.54, 1.807) is 0 Å². The lowest BCUT2D eigenvalue weighted by Crippen LogP contribution is -2.28. The molecule has 0 heterocycles. The molecule has 3 nitrogen and oxygen atoms in total. The quantitative estimate of drug-likeness (QED) is 0.764. The average Bonchev–Trinajstić information content (AvgIpc) is 2.42. The van der Waals surface area contributed by atoms with Gasteiger partial charge >= 0.3 is 6.03 Å². The summed E-state index contributed by atoms with van der Waals surface area (Å²) in [6.07, 6.45) is 0. The Bertz CT molecular complexity index is 629. The number of carbonyl (C=O) groups excluding carboxylic acids is 1. The third kappa shape index (κ3) is 4.08. The number of carbonyl (C=O) groups is 1. The van der Waals surface area contributed by atoms with E-state index < -0.39 is 0 Å². The Labute approximate surface area is 135 Å². The Morgan fingerprint density at radius 2 is 1.85 bits per heavy atom. The van der Waals surface area contributed by atoms with Gasteiger partial charge in [-0.3, -0.25) is 0 Å². The first-order valence-corrected chi connectivity index (χ1v) is 7.69. The van der Waals surface area contributed by atoms with Gasteiger partial charge in [0.25, 0.3) is 0 Å². The van der Waals surface area contributed by atoms with Crippen LogP contribution in [0.3, 0.4) is 0 Å². The van der Waals surface area contributed by atoms with Gasteiger partial charge < -0.3 is 10.6 Å². The summed E-state index contributed by atoms with van der Waals surface area (Å²) in [5.41, 5.74) is 2.89. The van der Waals surface area contributed by atoms with Gasteiger partial charge in [0, 0.05) is 21.2 Å². The molecule has 0 bridgehead atoms. The Kier molecular flexibility index (Phi) is 5.20. The zero-order valence-corrected chi connectivity index (χ0v) is 14.1. The summed E-state index contributed by atoms with van der Waals surface area (Å²) < 4.78 is 2.01. The molecular formula is C15H14Br2N2O. The van der Waals surface area contributed by atoms with E-state index in [2.05, 4.69) is 42.5 Å². The van der Waals surface area contributed by atoms with Crippen LogP contribution < -0.4 is 10.6 Å². The summed E-state index contributed by atoms with van der Waals surface area (Å²) in [4.78, 5) is 11.8. The number of amides is 2. The van der Waals surface area contributed by atoms with Crippen molar-refractivity contribution in [1.82, 2.24) is 5.32 Å². The average molecular weight is 398 g/mol. The number of benzene rings is 2. The molecule has 0 unspecified atom stereocenters. The van der Waals surface area contributed by atoms with Gasteiger partial charge in [0.1, 0.15) is 0 Å². The topological polar surface area (TPSA) is 41.1 Å². The lowest BCUT2D eigenvalue weighted by molar-refractivity contribution is 0.251. The highest BCUT2D eigenvalue weighted by Crippen LogP contribution is 2.20. The minimum Gasteiger partial charge on any atom is -0.334 e. The molecule has 2 rings (SSSR count). The fourth-order valence-electron chi connectivity index (χ4n) is 1.72. The number of hydrogen-bond acceptors (Lipinski definition) is 1. The van der Waals surface area contributed by atoms with Crippen molar-refractivity contribution in [3.8, 4) is 0 Å². The minimum absolute atomic E-state index is 0.220. The monoisotopic (exact) mass is 396 g/mol. The molecular weight excluding hydrogens is 384 g/mol. The summed E-state index contributed by atoms with van der Waals surface area (Å²) >= 11 is 6.89. The van der Waals surface area contributed by atoms with E-state index in [-0.39, 0.29) is 6.03 Å². The van der Waals surface area contributed by atoms with Crippen LogP contribution >= 0.6 is 31.9 Å². The standard InChI is InChI=1S/C15H14Br2N2O/c1-10-8-12(6-7-13(10)16)19-15(20)18-9-11-4-2-3-5-14(11)17/h2-8H,9H2,1H3,(H2,18,19,20). The Balaban J connectivity index is 1.93. The lowest BCUT2D eigenvalue weighted by atomic mass is 10.2. The maximum absolute atomic E-state index is 11.8. The third-order valence-electron chi connectivity index (χ3n) is 2.81. The second kappa shape index (κ2) is 6.90. The van der Waals surface area contributed by atoms with Gasteiger partial charge in [-0.2, -0.15) is 0 Å². The molecule has 0 aromatic heterocycles. The normalized spacial score (nSPS) is 10.2. The van der Waals surface area contributed by atoms with E-state index in [1.807, 2.05) is 49.4 Å². The largest absolute Gasteiger partial charge is 0.334 e. The van der Waals surface area contributed by atoms with E-state index >= 15 is 0 Å². The predicted molar refractivity (Wildman–Crippen MR) is 88.9 cm³/mol. The number of urea groups is 1. The molecule has 2 aromatic carbocycles. The first-order chi connectivity index (χ1) is 9.56. The summed E-state index contributed by atoms with van der Waals surface area (Å²) in [6, 6.07) is 13.3. The van der Waals surface area contributed by atoms with Crippen LogP contribution in [-0.2, 0) is 6.54 Å². The van der Waals surface area contributed by atoms with E-state index in [0.29, 0.717) is 6.54 Å². The van der Waals surface area contributed by atoms with Crippen LogP contribution in [0.25, 0.3) is 0 Å². The zero-order valence-electron chi connectivity index (χ0n) is 10.9. The highest BCUT2D eigenvalue weighted by Gasteiger charge is 2.04. The number of halogens is 2. The van der Waals surface area contributed by atoms with Crippen LogP contribution in [0.2, 0.25) is 0 Å². The number of anilines is 1. The molecule has 0 atom stereocenters. The summed E-state index contributed by atoms with van der Waals surface area (Å²) in [5, 5.41) is 5.64. The van der Waals surface area contributed by atoms with E-state index in [0.717, 1.165) is 25.8 Å². The number of hydrogen-bond donors (Lipinski definition) is 2. The molecule has 104 valence electrons. The Hall–Kier alpha value is -1.33. The maximum atomic E-state index is 11.8. The highest BCUT2D eigenvalue weighted by atomic mass is 79.9. The predicted octanol–water partition coefficient (Wildman–Crippen LogP) is 4.84. The molecule has 0 fully saturated rings. The Morgan fingerprint density at radius 3 is 2.55 bits per heavy atom. The van der Waals surface area contributed by atoms with Crippen molar-refractivity contribution in [2.45, 2.75) is 13.5 Å². The fourth-order valence-corrected chi connectivity index (χ4v) is 2.39. The van der Waals surface area contributed by atoms with E-state index in [4.69, 9.17) is 0 Å². The lowest BCUT2D eigenvalue weighted by Gasteiger charge is -2.09. The number of nitrogens with one attached hydrogen (secondary N) is 2. The van der Waals surface area contributed by atoms with Gasteiger partial charge in [-0.25, -0.2) is 4.79 Å². The molecule has 0 radical (unpaired) electrons. The molecule has 0 spiro atoms. The zero-order chi connectivity index (χ0) is 14.5. The van der Waals surface area contributed by atoms with Gasteiger partial charge in [-0.05, 0) is 42.3 Å². The second-order valence-electron chi connectivity index (χ2n) is 4.36. The van der Waals surface area contributed by atoms with Crippen LogP contribution in [0, 0.1) is 6.92 Å². The van der Waals surface area contributed by atoms with Gasteiger partial charge in [-0.1, -0.05) is 50.1 Å². The molecule has 0 aliphatic carbocycles. The van der Waals surface area contributed by atoms with E-state index in [1.165, 1.54) is 0 Å². The molecule has 2 N–H and O–H groups in total. The molecule has 5 heteroatoms. The van der Waals surface area contributed by atoms with Crippen molar-refractivity contribution in [2.24, 2.45) is 0 Å². The highest BCUT2D eigenvalue weighted by molar-refractivity contribution is 9.10. The number of aryl methyl sites for hydroxylation is 1. The van der Waals surface area contributed by atoms with Crippen LogP contribution in [-0.4, -0.2) is 6.03 Å². The van der Waals surface area contributed by atoms with Gasteiger partial charge in [-0.15, -0.1) is 0 Å². The van der Waals surface area contributed by atoms with Crippen LogP contribution in [0.1, 0.15) is 11.1 Å². The molecule has 0 aliphatic rings. The molecule has 0 aliphatic heterocycles. The van der Waals surface area contributed by atoms with Gasteiger partial charge in [0.2, 0.25) is 0 Å².